The van der Waals surface area contributed by atoms with Crippen molar-refractivity contribution in [3.8, 4) is 5.75 Å². The zero-order chi connectivity index (χ0) is 20.3. The summed E-state index contributed by atoms with van der Waals surface area (Å²) < 4.78 is 33.7. The summed E-state index contributed by atoms with van der Waals surface area (Å²) in [5.41, 5.74) is 0.483. The van der Waals surface area contributed by atoms with E-state index < -0.39 is 24.5 Å². The molecule has 1 fully saturated rings. The first-order chi connectivity index (χ1) is 13.3. The number of piperidine rings is 1. The van der Waals surface area contributed by atoms with Crippen molar-refractivity contribution in [1.29, 1.82) is 0 Å². The van der Waals surface area contributed by atoms with Crippen LogP contribution in [-0.4, -0.2) is 42.1 Å². The van der Waals surface area contributed by atoms with Gasteiger partial charge < -0.3 is 24.5 Å². The van der Waals surface area contributed by atoms with Crippen molar-refractivity contribution in [2.24, 2.45) is 0 Å². The van der Waals surface area contributed by atoms with Gasteiger partial charge >= 0.3 is 12.6 Å². The number of hydrogen-bond acceptors (Lipinski definition) is 5. The maximum absolute atomic E-state index is 12.7. The quantitative estimate of drug-likeness (QED) is 0.779. The Hall–Kier alpha value is -3.43. The van der Waals surface area contributed by atoms with Gasteiger partial charge in [-0.05, 0) is 49.2 Å². The van der Waals surface area contributed by atoms with Gasteiger partial charge in [0, 0.05) is 12.2 Å². The highest BCUT2D eigenvalue weighted by atomic mass is 19.3. The molecule has 28 heavy (non-hydrogen) atoms. The minimum atomic E-state index is -2.94. The Morgan fingerprint density at radius 1 is 1.18 bits per heavy atom. The van der Waals surface area contributed by atoms with E-state index in [0.29, 0.717) is 25.1 Å². The first kappa shape index (κ1) is 19.3. The van der Waals surface area contributed by atoms with Crippen molar-refractivity contribution in [2.45, 2.75) is 25.5 Å². The van der Waals surface area contributed by atoms with E-state index in [4.69, 9.17) is 9.52 Å². The van der Waals surface area contributed by atoms with Crippen molar-refractivity contribution in [1.82, 2.24) is 5.32 Å². The average Bonchev–Trinajstić information content (AvgIpc) is 3.14. The summed E-state index contributed by atoms with van der Waals surface area (Å²) in [6.45, 7) is -2.53. The van der Waals surface area contributed by atoms with Gasteiger partial charge in [-0.15, -0.1) is 0 Å². The Labute approximate surface area is 157 Å². The molecule has 3 rings (SSSR count). The van der Waals surface area contributed by atoms with E-state index in [1.807, 2.05) is 0 Å². The van der Waals surface area contributed by atoms with Crippen LogP contribution in [0.5, 0.6) is 5.75 Å². The maximum Gasteiger partial charge on any atom is 0.387 e. The van der Waals surface area contributed by atoms with Gasteiger partial charge in [-0.2, -0.15) is 8.78 Å². The predicted molar refractivity (Wildman–Crippen MR) is 91.6 cm³/mol. The molecule has 2 aromatic rings. The lowest BCUT2D eigenvalue weighted by atomic mass is 10.0. The van der Waals surface area contributed by atoms with Gasteiger partial charge in [0.15, 0.2) is 5.76 Å². The molecule has 0 radical (unpaired) electrons. The van der Waals surface area contributed by atoms with Crippen LogP contribution >= 0.6 is 0 Å². The molecule has 0 spiro atoms. The summed E-state index contributed by atoms with van der Waals surface area (Å²) in [4.78, 5) is 37.2. The lowest BCUT2D eigenvalue weighted by Crippen LogP contribution is -2.52. The minimum absolute atomic E-state index is 0.0277. The second-order valence-electron chi connectivity index (χ2n) is 6.00. The number of amides is 2. The standard InChI is InChI=1S/C18H16F2N2O6/c19-18(20)27-11-5-3-10(4-6-11)22-9-1-2-12(16(22)24)21-15(23)13-7-8-14(28-13)17(25)26/h3-8,12,18H,1-2,9H2,(H,21,23)(H,25,26). The molecule has 1 atom stereocenters. The van der Waals surface area contributed by atoms with Crippen LogP contribution < -0.4 is 15.0 Å². The van der Waals surface area contributed by atoms with Crippen LogP contribution in [-0.2, 0) is 4.79 Å². The number of ether oxygens (including phenoxy) is 1. The van der Waals surface area contributed by atoms with Crippen LogP contribution in [0.15, 0.2) is 40.8 Å². The number of halogens is 2. The lowest BCUT2D eigenvalue weighted by molar-refractivity contribution is -0.121. The Bertz CT molecular complexity index is 880. The van der Waals surface area contributed by atoms with E-state index in [1.165, 1.54) is 35.2 Å². The molecule has 10 heteroatoms. The monoisotopic (exact) mass is 394 g/mol. The zero-order valence-corrected chi connectivity index (χ0v) is 14.4. The molecule has 8 nitrogen and oxygen atoms in total. The van der Waals surface area contributed by atoms with E-state index in [0.717, 1.165) is 6.07 Å². The molecule has 2 N–H and O–H groups in total. The smallest absolute Gasteiger partial charge is 0.387 e. The van der Waals surface area contributed by atoms with Crippen LogP contribution in [0.3, 0.4) is 0 Å². The fourth-order valence-corrected chi connectivity index (χ4v) is 2.88. The highest BCUT2D eigenvalue weighted by Crippen LogP contribution is 2.25. The largest absolute Gasteiger partial charge is 0.475 e. The van der Waals surface area contributed by atoms with Gasteiger partial charge in [-0.25, -0.2) is 4.79 Å². The SMILES string of the molecule is O=C(O)c1ccc(C(=O)NC2CCCN(c3ccc(OC(F)F)cc3)C2=O)o1. The first-order valence-corrected chi connectivity index (χ1v) is 8.35. The number of carbonyl (C=O) groups excluding carboxylic acids is 2. The topological polar surface area (TPSA) is 109 Å². The molecule has 0 aliphatic carbocycles. The lowest BCUT2D eigenvalue weighted by Gasteiger charge is -2.32. The van der Waals surface area contributed by atoms with Gasteiger partial charge in [0.05, 0.1) is 0 Å². The number of anilines is 1. The Balaban J connectivity index is 1.67. The Morgan fingerprint density at radius 3 is 2.46 bits per heavy atom. The third-order valence-corrected chi connectivity index (χ3v) is 4.16. The molecule has 1 aromatic carbocycles. The number of carboxylic acid groups (broad SMARTS) is 1. The molecule has 148 valence electrons. The van der Waals surface area contributed by atoms with Crippen molar-refractivity contribution in [2.75, 3.05) is 11.4 Å². The number of furan rings is 1. The molecule has 0 saturated carbocycles. The van der Waals surface area contributed by atoms with Gasteiger partial charge in [0.1, 0.15) is 11.8 Å². The van der Waals surface area contributed by atoms with Crippen LogP contribution in [0.25, 0.3) is 0 Å². The summed E-state index contributed by atoms with van der Waals surface area (Å²) in [6.07, 6.45) is 1.00. The number of nitrogens with zero attached hydrogens (tertiary/aromatic N) is 1. The van der Waals surface area contributed by atoms with E-state index in [-0.39, 0.29) is 23.2 Å². The van der Waals surface area contributed by atoms with Gasteiger partial charge in [0.25, 0.3) is 5.91 Å². The molecular weight excluding hydrogens is 378 g/mol. The summed E-state index contributed by atoms with van der Waals surface area (Å²) >= 11 is 0. The maximum atomic E-state index is 12.7. The molecule has 1 unspecified atom stereocenters. The van der Waals surface area contributed by atoms with Crippen molar-refractivity contribution < 1.29 is 37.4 Å². The van der Waals surface area contributed by atoms with Crippen LogP contribution in [0.4, 0.5) is 14.5 Å². The summed E-state index contributed by atoms with van der Waals surface area (Å²) in [5, 5.41) is 11.4. The number of hydrogen-bond donors (Lipinski definition) is 2. The van der Waals surface area contributed by atoms with Crippen molar-refractivity contribution >= 4 is 23.5 Å². The fourth-order valence-electron chi connectivity index (χ4n) is 2.88. The third kappa shape index (κ3) is 4.27. The van der Waals surface area contributed by atoms with E-state index in [1.54, 1.807) is 0 Å². The molecule has 2 amide bonds. The van der Waals surface area contributed by atoms with Crippen molar-refractivity contribution in [3.63, 3.8) is 0 Å². The number of carboxylic acids is 1. The molecule has 1 aliphatic heterocycles. The minimum Gasteiger partial charge on any atom is -0.475 e. The van der Waals surface area contributed by atoms with E-state index in [2.05, 4.69) is 10.1 Å². The molecule has 1 aliphatic rings. The second-order valence-corrected chi connectivity index (χ2v) is 6.00. The average molecular weight is 394 g/mol. The number of carbonyl (C=O) groups is 3. The van der Waals surface area contributed by atoms with Crippen LogP contribution in [0, 0.1) is 0 Å². The number of aromatic carboxylic acids is 1. The molecule has 2 heterocycles. The highest BCUT2D eigenvalue weighted by molar-refractivity contribution is 6.02. The van der Waals surface area contributed by atoms with Gasteiger partial charge in [0.2, 0.25) is 11.7 Å². The normalized spacial score (nSPS) is 16.9. The molecule has 1 saturated heterocycles. The van der Waals surface area contributed by atoms with Crippen LogP contribution in [0.2, 0.25) is 0 Å². The van der Waals surface area contributed by atoms with E-state index in [9.17, 15) is 23.2 Å². The second kappa shape index (κ2) is 8.07. The number of nitrogens with one attached hydrogen (secondary N) is 1. The fraction of sp³-hybridized carbons (Fsp3) is 0.278. The van der Waals surface area contributed by atoms with Crippen LogP contribution in [0.1, 0.15) is 34.0 Å². The Kier molecular flexibility index (Phi) is 5.57. The van der Waals surface area contributed by atoms with Gasteiger partial charge in [-0.1, -0.05) is 0 Å². The molecule has 0 bridgehead atoms. The molecular formula is C18H16F2N2O6. The van der Waals surface area contributed by atoms with E-state index >= 15 is 0 Å². The number of benzene rings is 1. The number of rotatable bonds is 6. The van der Waals surface area contributed by atoms with Crippen molar-refractivity contribution in [3.05, 3.63) is 47.9 Å². The molecule has 1 aromatic heterocycles. The summed E-state index contributed by atoms with van der Waals surface area (Å²) in [7, 11) is 0. The number of alkyl halides is 2. The highest BCUT2D eigenvalue weighted by Gasteiger charge is 2.31. The third-order valence-electron chi connectivity index (χ3n) is 4.16. The summed E-state index contributed by atoms with van der Waals surface area (Å²) in [5.74, 6) is -3.00. The first-order valence-electron chi connectivity index (χ1n) is 8.35. The Morgan fingerprint density at radius 2 is 1.86 bits per heavy atom. The summed E-state index contributed by atoms with van der Waals surface area (Å²) in [6, 6.07) is 7.15. The predicted octanol–water partition coefficient (Wildman–Crippen LogP) is 2.50. The zero-order valence-electron chi connectivity index (χ0n) is 14.4. The van der Waals surface area contributed by atoms with Gasteiger partial charge in [-0.3, -0.25) is 9.59 Å².